The number of piperidine rings is 1. The molecule has 2 saturated heterocycles. The Morgan fingerprint density at radius 1 is 1.04 bits per heavy atom. The van der Waals surface area contributed by atoms with E-state index < -0.39 is 0 Å². The Morgan fingerprint density at radius 2 is 1.80 bits per heavy atom. The first kappa shape index (κ1) is 16.1. The lowest BCUT2D eigenvalue weighted by Gasteiger charge is -2.38. The maximum Gasteiger partial charge on any atom is 0.225 e. The second-order valence-electron chi connectivity index (χ2n) is 7.23. The van der Waals surface area contributed by atoms with Gasteiger partial charge in [0.05, 0.1) is 6.04 Å². The Hall–Kier alpha value is -2.44. The smallest absolute Gasteiger partial charge is 0.225 e. The maximum absolute atomic E-state index is 4.54. The molecule has 0 aliphatic carbocycles. The number of nitrogens with zero attached hydrogens (tertiary/aromatic N) is 7. The van der Waals surface area contributed by atoms with Crippen LogP contribution in [0.3, 0.4) is 0 Å². The summed E-state index contributed by atoms with van der Waals surface area (Å²) in [5.41, 5.74) is 1.10. The summed E-state index contributed by atoms with van der Waals surface area (Å²) in [5, 5.41) is 0. The van der Waals surface area contributed by atoms with E-state index in [1.165, 1.54) is 12.8 Å². The summed E-state index contributed by atoms with van der Waals surface area (Å²) in [4.78, 5) is 24.7. The van der Waals surface area contributed by atoms with E-state index >= 15 is 0 Å². The third-order valence-electron chi connectivity index (χ3n) is 5.30. The minimum atomic E-state index is 0.462. The van der Waals surface area contributed by atoms with Gasteiger partial charge in [0.2, 0.25) is 5.95 Å². The number of rotatable bonds is 3. The summed E-state index contributed by atoms with van der Waals surface area (Å²) >= 11 is 0. The molecular weight excluding hydrogens is 314 g/mol. The highest BCUT2D eigenvalue weighted by molar-refractivity contribution is 5.51. The van der Waals surface area contributed by atoms with Gasteiger partial charge in [-0.15, -0.1) is 0 Å². The molecule has 4 rings (SSSR count). The summed E-state index contributed by atoms with van der Waals surface area (Å²) < 4.78 is 0. The van der Waals surface area contributed by atoms with Gasteiger partial charge in [0.25, 0.3) is 0 Å². The van der Waals surface area contributed by atoms with Gasteiger partial charge in [-0.2, -0.15) is 0 Å². The van der Waals surface area contributed by atoms with Crippen LogP contribution in [0, 0.1) is 12.8 Å². The molecule has 0 aromatic carbocycles. The Bertz CT molecular complexity index is 730. The van der Waals surface area contributed by atoms with Crippen molar-refractivity contribution >= 4 is 17.6 Å². The van der Waals surface area contributed by atoms with Crippen molar-refractivity contribution in [3.8, 4) is 0 Å². The van der Waals surface area contributed by atoms with Crippen LogP contribution in [0.2, 0.25) is 0 Å². The first-order valence-corrected chi connectivity index (χ1v) is 8.91. The van der Waals surface area contributed by atoms with Gasteiger partial charge < -0.3 is 14.7 Å². The third kappa shape index (κ3) is 3.10. The molecule has 2 aromatic rings. The lowest BCUT2D eigenvalue weighted by molar-refractivity contribution is 0.387. The number of hydrogen-bond acceptors (Lipinski definition) is 7. The van der Waals surface area contributed by atoms with Crippen molar-refractivity contribution in [1.29, 1.82) is 0 Å². The van der Waals surface area contributed by atoms with E-state index in [4.69, 9.17) is 0 Å². The molecule has 7 nitrogen and oxygen atoms in total. The average molecular weight is 339 g/mol. The first-order valence-electron chi connectivity index (χ1n) is 8.91. The quantitative estimate of drug-likeness (QED) is 0.844. The minimum absolute atomic E-state index is 0.462. The molecule has 2 aromatic heterocycles. The van der Waals surface area contributed by atoms with Crippen molar-refractivity contribution in [2.75, 3.05) is 48.4 Å². The second-order valence-corrected chi connectivity index (χ2v) is 7.23. The van der Waals surface area contributed by atoms with Gasteiger partial charge in [-0.1, -0.05) is 0 Å². The first-order chi connectivity index (χ1) is 12.1. The largest absolute Gasteiger partial charge is 0.363 e. The van der Waals surface area contributed by atoms with Crippen LogP contribution in [0.5, 0.6) is 0 Å². The van der Waals surface area contributed by atoms with Gasteiger partial charge in [-0.25, -0.2) is 19.9 Å². The van der Waals surface area contributed by atoms with E-state index in [1.54, 1.807) is 6.33 Å². The monoisotopic (exact) mass is 339 g/mol. The van der Waals surface area contributed by atoms with Crippen molar-refractivity contribution in [3.63, 3.8) is 0 Å². The fourth-order valence-electron chi connectivity index (χ4n) is 3.89. The van der Waals surface area contributed by atoms with E-state index in [-0.39, 0.29) is 0 Å². The molecule has 2 fully saturated rings. The van der Waals surface area contributed by atoms with Crippen molar-refractivity contribution in [2.24, 2.45) is 5.92 Å². The van der Waals surface area contributed by atoms with E-state index in [9.17, 15) is 0 Å². The molecule has 2 aliphatic rings. The molecule has 4 heterocycles. The number of anilines is 3. The Labute approximate surface area is 148 Å². The van der Waals surface area contributed by atoms with E-state index in [2.05, 4.69) is 35.8 Å². The van der Waals surface area contributed by atoms with Gasteiger partial charge in [0.15, 0.2) is 0 Å². The topological polar surface area (TPSA) is 61.3 Å². The molecule has 132 valence electrons. The summed E-state index contributed by atoms with van der Waals surface area (Å²) in [6, 6.07) is 2.55. The molecule has 0 N–H and O–H groups in total. The Morgan fingerprint density at radius 3 is 2.56 bits per heavy atom. The van der Waals surface area contributed by atoms with Crippen LogP contribution in [0.25, 0.3) is 0 Å². The molecule has 2 aliphatic heterocycles. The van der Waals surface area contributed by atoms with E-state index in [1.807, 2.05) is 38.3 Å². The average Bonchev–Trinajstić information content (AvgIpc) is 3.05. The van der Waals surface area contributed by atoms with Gasteiger partial charge >= 0.3 is 0 Å². The molecule has 0 bridgehead atoms. The summed E-state index contributed by atoms with van der Waals surface area (Å²) in [6.07, 6.45) is 7.88. The highest BCUT2D eigenvalue weighted by atomic mass is 15.3. The van der Waals surface area contributed by atoms with E-state index in [0.717, 1.165) is 48.7 Å². The van der Waals surface area contributed by atoms with Crippen molar-refractivity contribution in [1.82, 2.24) is 19.9 Å². The Kier molecular flexibility index (Phi) is 4.15. The van der Waals surface area contributed by atoms with Crippen LogP contribution in [-0.4, -0.2) is 59.7 Å². The fourth-order valence-corrected chi connectivity index (χ4v) is 3.89. The maximum atomic E-state index is 4.54. The lowest BCUT2D eigenvalue weighted by Crippen LogP contribution is -2.49. The van der Waals surface area contributed by atoms with Crippen LogP contribution in [0.4, 0.5) is 17.6 Å². The van der Waals surface area contributed by atoms with Crippen molar-refractivity contribution in [3.05, 3.63) is 30.4 Å². The fraction of sp³-hybridized carbons (Fsp3) is 0.556. The normalized spacial score (nSPS) is 22.8. The summed E-state index contributed by atoms with van der Waals surface area (Å²) in [6.45, 7) is 5.06. The molecule has 2 unspecified atom stereocenters. The highest BCUT2D eigenvalue weighted by Crippen LogP contribution is 2.35. The van der Waals surface area contributed by atoms with Gasteiger partial charge in [-0.3, -0.25) is 0 Å². The van der Waals surface area contributed by atoms with Gasteiger partial charge in [-0.05, 0) is 31.2 Å². The van der Waals surface area contributed by atoms with Crippen LogP contribution in [0.15, 0.2) is 24.8 Å². The third-order valence-corrected chi connectivity index (χ3v) is 5.30. The van der Waals surface area contributed by atoms with Crippen LogP contribution < -0.4 is 14.7 Å². The molecule has 0 spiro atoms. The summed E-state index contributed by atoms with van der Waals surface area (Å²) in [7, 11) is 4.02. The summed E-state index contributed by atoms with van der Waals surface area (Å²) in [5.74, 6) is 3.54. The number of aromatic nitrogens is 4. The van der Waals surface area contributed by atoms with Crippen LogP contribution >= 0.6 is 0 Å². The SMILES string of the molecule is Cc1cnc(N2CCC3CCN(c4cc(N(C)C)ncn4)C3C2)nc1. The van der Waals surface area contributed by atoms with Gasteiger partial charge in [0.1, 0.15) is 18.0 Å². The zero-order valence-electron chi connectivity index (χ0n) is 15.1. The molecule has 0 radical (unpaired) electrons. The molecule has 25 heavy (non-hydrogen) atoms. The molecule has 0 saturated carbocycles. The predicted octanol–water partition coefficient (Wildman–Crippen LogP) is 1.75. The Balaban J connectivity index is 1.56. The lowest BCUT2D eigenvalue weighted by atomic mass is 9.92. The van der Waals surface area contributed by atoms with Crippen LogP contribution in [-0.2, 0) is 0 Å². The second kappa shape index (κ2) is 6.46. The number of aryl methyl sites for hydroxylation is 1. The van der Waals surface area contributed by atoms with E-state index in [0.29, 0.717) is 6.04 Å². The molecule has 7 heteroatoms. The van der Waals surface area contributed by atoms with Crippen molar-refractivity contribution in [2.45, 2.75) is 25.8 Å². The standard InChI is InChI=1S/C18H25N7/c1-13-9-19-18(20-10-13)24-6-4-14-5-7-25(15(14)11-24)17-8-16(23(2)3)21-12-22-17/h8-10,12,14-15H,4-7,11H2,1-3H3. The van der Waals surface area contributed by atoms with Crippen LogP contribution in [0.1, 0.15) is 18.4 Å². The van der Waals surface area contributed by atoms with Crippen molar-refractivity contribution < 1.29 is 0 Å². The molecule has 2 atom stereocenters. The number of hydrogen-bond donors (Lipinski definition) is 0. The predicted molar refractivity (Wildman–Crippen MR) is 99.2 cm³/mol. The zero-order valence-corrected chi connectivity index (χ0v) is 15.1. The molecular formula is C18H25N7. The number of fused-ring (bicyclic) bond motifs is 1. The minimum Gasteiger partial charge on any atom is -0.363 e. The highest BCUT2D eigenvalue weighted by Gasteiger charge is 2.39. The molecule has 0 amide bonds. The van der Waals surface area contributed by atoms with Gasteiger partial charge in [0, 0.05) is 52.2 Å². The zero-order chi connectivity index (χ0) is 17.4.